The Hall–Kier alpha value is -1.86. The second-order valence-electron chi connectivity index (χ2n) is 8.36. The van der Waals surface area contributed by atoms with E-state index in [9.17, 15) is 0 Å². The van der Waals surface area contributed by atoms with Crippen LogP contribution in [0.25, 0.3) is 0 Å². The number of rotatable bonds is 12. The Morgan fingerprint density at radius 1 is 1.13 bits per heavy atom. The molecule has 0 aliphatic carbocycles. The Balaban J connectivity index is 1.82. The molecular weight excluding hydrogens is 386 g/mol. The summed E-state index contributed by atoms with van der Waals surface area (Å²) in [6.07, 6.45) is 4.32. The van der Waals surface area contributed by atoms with Gasteiger partial charge in [-0.3, -0.25) is 0 Å². The van der Waals surface area contributed by atoms with E-state index in [1.165, 1.54) is 6.42 Å². The van der Waals surface area contributed by atoms with E-state index in [0.29, 0.717) is 12.6 Å². The minimum absolute atomic E-state index is 0.399. The number of aliphatic imine (C=N–C) groups is 1. The van der Waals surface area contributed by atoms with Gasteiger partial charge in [-0.15, -0.1) is 0 Å². The number of anilines is 1. The Morgan fingerprint density at radius 2 is 1.87 bits per heavy atom. The van der Waals surface area contributed by atoms with Crippen molar-refractivity contribution in [2.45, 2.75) is 60.0 Å². The maximum Gasteiger partial charge on any atom is 0.191 e. The number of piperazine rings is 1. The first-order valence-electron chi connectivity index (χ1n) is 12.3. The molecule has 2 rings (SSSR count). The molecule has 176 valence electrons. The fourth-order valence-electron chi connectivity index (χ4n) is 3.95. The first-order chi connectivity index (χ1) is 15.1. The van der Waals surface area contributed by atoms with E-state index in [1.807, 2.05) is 6.20 Å². The van der Waals surface area contributed by atoms with E-state index in [4.69, 9.17) is 9.98 Å². The Labute approximate surface area is 190 Å². The average molecular weight is 432 g/mol. The van der Waals surface area contributed by atoms with E-state index in [0.717, 1.165) is 82.7 Å². The number of nitrogens with one attached hydrogen (secondary N) is 2. The van der Waals surface area contributed by atoms with E-state index in [2.05, 4.69) is 72.1 Å². The van der Waals surface area contributed by atoms with Crippen LogP contribution >= 0.6 is 0 Å². The lowest BCUT2D eigenvalue weighted by Crippen LogP contribution is -2.46. The van der Waals surface area contributed by atoms with Gasteiger partial charge in [-0.2, -0.15) is 0 Å². The first kappa shape index (κ1) is 25.4. The standard InChI is InChI=1S/C24H45N7/c1-6-25-24(28-21(5)11-10-14-29(7-2)8-3)27-20-22-12-13-23(26-19-22)31-17-15-30(9-4)16-18-31/h12-13,19,21H,6-11,14-18,20H2,1-5H3,(H2,25,27,28). The summed E-state index contributed by atoms with van der Waals surface area (Å²) in [7, 11) is 0. The smallest absolute Gasteiger partial charge is 0.191 e. The van der Waals surface area contributed by atoms with Crippen molar-refractivity contribution in [2.75, 3.05) is 63.8 Å². The molecule has 1 aromatic heterocycles. The number of aromatic nitrogens is 1. The molecule has 2 N–H and O–H groups in total. The predicted molar refractivity (Wildman–Crippen MR) is 133 cm³/mol. The quantitative estimate of drug-likeness (QED) is 0.392. The summed E-state index contributed by atoms with van der Waals surface area (Å²) in [5.41, 5.74) is 1.14. The van der Waals surface area contributed by atoms with Crippen LogP contribution < -0.4 is 15.5 Å². The Kier molecular flexibility index (Phi) is 11.7. The second kappa shape index (κ2) is 14.2. The number of guanidine groups is 1. The van der Waals surface area contributed by atoms with Crippen LogP contribution in [0, 0.1) is 0 Å². The minimum Gasteiger partial charge on any atom is -0.357 e. The SMILES string of the molecule is CCNC(=NCc1ccc(N2CCN(CC)CC2)nc1)NC(C)CCCN(CC)CC. The third kappa shape index (κ3) is 9.03. The molecule has 1 aliphatic heterocycles. The lowest BCUT2D eigenvalue weighted by molar-refractivity contribution is 0.270. The molecule has 1 atom stereocenters. The van der Waals surface area contributed by atoms with Gasteiger partial charge in [0.05, 0.1) is 6.54 Å². The number of nitrogens with zero attached hydrogens (tertiary/aromatic N) is 5. The molecule has 7 heteroatoms. The summed E-state index contributed by atoms with van der Waals surface area (Å²) < 4.78 is 0. The van der Waals surface area contributed by atoms with E-state index >= 15 is 0 Å². The normalized spacial score (nSPS) is 16.6. The maximum absolute atomic E-state index is 4.79. The molecule has 1 fully saturated rings. The van der Waals surface area contributed by atoms with Crippen molar-refractivity contribution in [3.8, 4) is 0 Å². The largest absolute Gasteiger partial charge is 0.357 e. The highest BCUT2D eigenvalue weighted by atomic mass is 15.3. The molecular formula is C24H45N7. The lowest BCUT2D eigenvalue weighted by atomic mass is 10.2. The molecule has 0 aromatic carbocycles. The van der Waals surface area contributed by atoms with Gasteiger partial charge in [0, 0.05) is 45.0 Å². The number of hydrogen-bond donors (Lipinski definition) is 2. The zero-order chi connectivity index (χ0) is 22.5. The van der Waals surface area contributed by atoms with Crippen LogP contribution in [0.2, 0.25) is 0 Å². The van der Waals surface area contributed by atoms with Crippen LogP contribution in [0.15, 0.2) is 23.3 Å². The zero-order valence-corrected chi connectivity index (χ0v) is 20.5. The van der Waals surface area contributed by atoms with Crippen molar-refractivity contribution in [3.05, 3.63) is 23.9 Å². The van der Waals surface area contributed by atoms with Crippen LogP contribution in [-0.4, -0.2) is 85.7 Å². The molecule has 1 aliphatic rings. The molecule has 0 spiro atoms. The fourth-order valence-corrected chi connectivity index (χ4v) is 3.95. The molecule has 1 aromatic rings. The summed E-state index contributed by atoms with van der Waals surface area (Å²) in [5, 5.41) is 6.93. The third-order valence-electron chi connectivity index (χ3n) is 6.11. The topological polar surface area (TPSA) is 59.0 Å². The maximum atomic E-state index is 4.79. The molecule has 31 heavy (non-hydrogen) atoms. The number of likely N-dealkylation sites (N-methyl/N-ethyl adjacent to an activating group) is 1. The fraction of sp³-hybridized carbons (Fsp3) is 0.750. The summed E-state index contributed by atoms with van der Waals surface area (Å²) >= 11 is 0. The average Bonchev–Trinajstić information content (AvgIpc) is 2.81. The van der Waals surface area contributed by atoms with Crippen molar-refractivity contribution in [1.82, 2.24) is 25.4 Å². The van der Waals surface area contributed by atoms with Gasteiger partial charge in [-0.1, -0.05) is 26.8 Å². The van der Waals surface area contributed by atoms with Gasteiger partial charge in [0.25, 0.3) is 0 Å². The lowest BCUT2D eigenvalue weighted by Gasteiger charge is -2.34. The van der Waals surface area contributed by atoms with Crippen LogP contribution in [-0.2, 0) is 6.54 Å². The van der Waals surface area contributed by atoms with E-state index in [1.54, 1.807) is 0 Å². The molecule has 2 heterocycles. The number of hydrogen-bond acceptors (Lipinski definition) is 5. The van der Waals surface area contributed by atoms with Crippen molar-refractivity contribution in [2.24, 2.45) is 4.99 Å². The summed E-state index contributed by atoms with van der Waals surface area (Å²) in [4.78, 5) is 16.8. The molecule has 0 radical (unpaired) electrons. The van der Waals surface area contributed by atoms with Gasteiger partial charge in [-0.25, -0.2) is 9.98 Å². The Morgan fingerprint density at radius 3 is 2.45 bits per heavy atom. The van der Waals surface area contributed by atoms with E-state index < -0.39 is 0 Å². The van der Waals surface area contributed by atoms with Gasteiger partial charge in [0.15, 0.2) is 5.96 Å². The van der Waals surface area contributed by atoms with Crippen molar-refractivity contribution in [1.29, 1.82) is 0 Å². The molecule has 0 saturated carbocycles. The second-order valence-corrected chi connectivity index (χ2v) is 8.36. The summed E-state index contributed by atoms with van der Waals surface area (Å²) in [6, 6.07) is 4.70. The number of pyridine rings is 1. The highest BCUT2D eigenvalue weighted by Crippen LogP contribution is 2.14. The van der Waals surface area contributed by atoms with Crippen LogP contribution in [0.5, 0.6) is 0 Å². The van der Waals surface area contributed by atoms with Gasteiger partial charge in [0.1, 0.15) is 5.82 Å². The predicted octanol–water partition coefficient (Wildman–Crippen LogP) is 2.79. The van der Waals surface area contributed by atoms with Gasteiger partial charge < -0.3 is 25.3 Å². The summed E-state index contributed by atoms with van der Waals surface area (Å²) in [6.45, 7) is 21.4. The van der Waals surface area contributed by atoms with Crippen LogP contribution in [0.3, 0.4) is 0 Å². The van der Waals surface area contributed by atoms with E-state index in [-0.39, 0.29) is 0 Å². The van der Waals surface area contributed by atoms with Gasteiger partial charge >= 0.3 is 0 Å². The van der Waals surface area contributed by atoms with Crippen molar-refractivity contribution in [3.63, 3.8) is 0 Å². The molecule has 7 nitrogen and oxygen atoms in total. The molecule has 0 bridgehead atoms. The third-order valence-corrected chi connectivity index (χ3v) is 6.11. The van der Waals surface area contributed by atoms with Gasteiger partial charge in [-0.05, 0) is 64.5 Å². The molecule has 1 saturated heterocycles. The monoisotopic (exact) mass is 431 g/mol. The molecule has 1 unspecified atom stereocenters. The highest BCUT2D eigenvalue weighted by Gasteiger charge is 2.16. The molecule has 0 amide bonds. The first-order valence-corrected chi connectivity index (χ1v) is 12.3. The van der Waals surface area contributed by atoms with Crippen LogP contribution in [0.4, 0.5) is 5.82 Å². The zero-order valence-electron chi connectivity index (χ0n) is 20.5. The van der Waals surface area contributed by atoms with Crippen molar-refractivity contribution < 1.29 is 0 Å². The van der Waals surface area contributed by atoms with Crippen molar-refractivity contribution >= 4 is 11.8 Å². The van der Waals surface area contributed by atoms with Crippen LogP contribution in [0.1, 0.15) is 53.0 Å². The highest BCUT2D eigenvalue weighted by molar-refractivity contribution is 5.80. The Bertz CT molecular complexity index is 619. The van der Waals surface area contributed by atoms with Gasteiger partial charge in [0.2, 0.25) is 0 Å². The summed E-state index contributed by atoms with van der Waals surface area (Å²) in [5.74, 6) is 1.97. The minimum atomic E-state index is 0.399.